The van der Waals surface area contributed by atoms with Gasteiger partial charge in [-0.05, 0) is 30.9 Å². The molecule has 2 N–H and O–H groups in total. The standard InChI is InChI=1S/C20H25N5O3/c1-27-12-10-25-13-14(15-5-2-3-6-16(15)25)8-9-18(26)21-20-22-19(23-24-20)17-7-4-11-28-17/h2-3,5-6,13,17H,4,7-12H2,1H3,(H2,21,22,23,24,26)/t17-/m0/s1. The van der Waals surface area contributed by atoms with Crippen molar-refractivity contribution in [3.63, 3.8) is 0 Å². The van der Waals surface area contributed by atoms with E-state index in [0.717, 1.165) is 37.1 Å². The van der Waals surface area contributed by atoms with Crippen LogP contribution in [-0.2, 0) is 27.2 Å². The Bertz CT molecular complexity index is 942. The topological polar surface area (TPSA) is 94.1 Å². The van der Waals surface area contributed by atoms with E-state index in [4.69, 9.17) is 9.47 Å². The lowest BCUT2D eigenvalue weighted by molar-refractivity contribution is -0.116. The van der Waals surface area contributed by atoms with Crippen molar-refractivity contribution < 1.29 is 14.3 Å². The van der Waals surface area contributed by atoms with Crippen molar-refractivity contribution in [1.29, 1.82) is 0 Å². The minimum atomic E-state index is -0.105. The van der Waals surface area contributed by atoms with Crippen molar-refractivity contribution in [3.05, 3.63) is 41.9 Å². The van der Waals surface area contributed by atoms with Crippen molar-refractivity contribution in [3.8, 4) is 0 Å². The summed E-state index contributed by atoms with van der Waals surface area (Å²) in [5.74, 6) is 0.874. The van der Waals surface area contributed by atoms with Crippen molar-refractivity contribution in [1.82, 2.24) is 19.7 Å². The molecule has 28 heavy (non-hydrogen) atoms. The van der Waals surface area contributed by atoms with Gasteiger partial charge in [-0.2, -0.15) is 4.98 Å². The number of methoxy groups -OCH3 is 1. The number of fused-ring (bicyclic) bond motifs is 1. The Balaban J connectivity index is 1.38. The van der Waals surface area contributed by atoms with E-state index in [9.17, 15) is 4.79 Å². The number of nitrogens with one attached hydrogen (secondary N) is 2. The zero-order valence-electron chi connectivity index (χ0n) is 16.0. The fourth-order valence-electron chi connectivity index (χ4n) is 3.60. The molecule has 1 aromatic carbocycles. The maximum atomic E-state index is 12.4. The fourth-order valence-corrected chi connectivity index (χ4v) is 3.60. The van der Waals surface area contributed by atoms with Crippen LogP contribution in [0.1, 0.15) is 36.8 Å². The largest absolute Gasteiger partial charge is 0.383 e. The predicted molar refractivity (Wildman–Crippen MR) is 105 cm³/mol. The minimum Gasteiger partial charge on any atom is -0.383 e. The summed E-state index contributed by atoms with van der Waals surface area (Å²) in [4.78, 5) is 16.7. The zero-order valence-corrected chi connectivity index (χ0v) is 16.0. The molecular weight excluding hydrogens is 358 g/mol. The first-order valence-corrected chi connectivity index (χ1v) is 9.64. The van der Waals surface area contributed by atoms with E-state index >= 15 is 0 Å². The molecule has 3 aromatic rings. The van der Waals surface area contributed by atoms with Crippen LogP contribution in [0.2, 0.25) is 0 Å². The molecule has 148 valence electrons. The van der Waals surface area contributed by atoms with Gasteiger partial charge in [0.15, 0.2) is 5.82 Å². The van der Waals surface area contributed by atoms with E-state index in [-0.39, 0.29) is 12.0 Å². The molecule has 3 heterocycles. The van der Waals surface area contributed by atoms with Gasteiger partial charge in [-0.15, -0.1) is 5.10 Å². The second-order valence-corrected chi connectivity index (χ2v) is 6.95. The lowest BCUT2D eigenvalue weighted by Crippen LogP contribution is -2.13. The van der Waals surface area contributed by atoms with Gasteiger partial charge in [0.25, 0.3) is 0 Å². The van der Waals surface area contributed by atoms with E-state index in [2.05, 4.69) is 43.4 Å². The summed E-state index contributed by atoms with van der Waals surface area (Å²) in [6.07, 6.45) is 5.02. The third kappa shape index (κ3) is 4.07. The Labute approximate surface area is 163 Å². The van der Waals surface area contributed by atoms with Crippen LogP contribution in [0.25, 0.3) is 10.9 Å². The van der Waals surface area contributed by atoms with Crippen molar-refractivity contribution >= 4 is 22.8 Å². The molecule has 2 aromatic heterocycles. The number of ether oxygens (including phenoxy) is 2. The molecule has 0 aliphatic carbocycles. The second-order valence-electron chi connectivity index (χ2n) is 6.95. The predicted octanol–water partition coefficient (Wildman–Crippen LogP) is 2.83. The summed E-state index contributed by atoms with van der Waals surface area (Å²) in [6, 6.07) is 8.23. The molecule has 1 fully saturated rings. The number of carbonyl (C=O) groups is 1. The number of amides is 1. The van der Waals surface area contributed by atoms with Gasteiger partial charge >= 0.3 is 0 Å². The average Bonchev–Trinajstić information content (AvgIpc) is 3.45. The third-order valence-electron chi connectivity index (χ3n) is 5.02. The van der Waals surface area contributed by atoms with Crippen LogP contribution >= 0.6 is 0 Å². The molecule has 1 saturated heterocycles. The first-order chi connectivity index (χ1) is 13.7. The maximum absolute atomic E-state index is 12.4. The smallest absolute Gasteiger partial charge is 0.248 e. The number of hydrogen-bond acceptors (Lipinski definition) is 5. The van der Waals surface area contributed by atoms with E-state index in [1.165, 1.54) is 5.39 Å². The molecule has 0 saturated carbocycles. The summed E-state index contributed by atoms with van der Waals surface area (Å²) in [7, 11) is 1.70. The molecule has 1 aliphatic heterocycles. The summed E-state index contributed by atoms with van der Waals surface area (Å²) in [5.41, 5.74) is 2.31. The Hall–Kier alpha value is -2.71. The molecule has 4 rings (SSSR count). The first-order valence-electron chi connectivity index (χ1n) is 9.64. The molecule has 1 aliphatic rings. The van der Waals surface area contributed by atoms with Gasteiger partial charge in [-0.25, -0.2) is 0 Å². The first kappa shape index (κ1) is 18.6. The number of hydrogen-bond donors (Lipinski definition) is 2. The van der Waals surface area contributed by atoms with Crippen LogP contribution in [0.4, 0.5) is 5.95 Å². The number of aryl methyl sites for hydroxylation is 1. The van der Waals surface area contributed by atoms with Crippen LogP contribution in [0.15, 0.2) is 30.5 Å². The highest BCUT2D eigenvalue weighted by Crippen LogP contribution is 2.26. The van der Waals surface area contributed by atoms with Crippen molar-refractivity contribution in [2.45, 2.75) is 38.3 Å². The fraction of sp³-hybridized carbons (Fsp3) is 0.450. The lowest BCUT2D eigenvalue weighted by atomic mass is 10.1. The molecule has 0 bridgehead atoms. The zero-order chi connectivity index (χ0) is 19.3. The van der Waals surface area contributed by atoms with Gasteiger partial charge in [-0.1, -0.05) is 18.2 Å². The van der Waals surface area contributed by atoms with Crippen LogP contribution in [0.5, 0.6) is 0 Å². The van der Waals surface area contributed by atoms with E-state index in [1.54, 1.807) is 7.11 Å². The van der Waals surface area contributed by atoms with Gasteiger partial charge in [-0.3, -0.25) is 15.2 Å². The van der Waals surface area contributed by atoms with Crippen LogP contribution in [-0.4, -0.2) is 46.0 Å². The molecule has 1 amide bonds. The quantitative estimate of drug-likeness (QED) is 0.624. The highest BCUT2D eigenvalue weighted by Gasteiger charge is 2.21. The molecule has 1 atom stereocenters. The van der Waals surface area contributed by atoms with Crippen molar-refractivity contribution in [2.24, 2.45) is 0 Å². The van der Waals surface area contributed by atoms with Crippen LogP contribution in [0, 0.1) is 0 Å². The highest BCUT2D eigenvalue weighted by atomic mass is 16.5. The average molecular weight is 383 g/mol. The lowest BCUT2D eigenvalue weighted by Gasteiger charge is -2.03. The molecule has 8 nitrogen and oxygen atoms in total. The molecule has 8 heteroatoms. The number of para-hydroxylation sites is 1. The maximum Gasteiger partial charge on any atom is 0.248 e. The summed E-state index contributed by atoms with van der Waals surface area (Å²) in [6.45, 7) is 2.17. The number of anilines is 1. The molecule has 0 unspecified atom stereocenters. The summed E-state index contributed by atoms with van der Waals surface area (Å²) < 4.78 is 12.9. The molecular formula is C20H25N5O3. The normalized spacial score (nSPS) is 16.7. The van der Waals surface area contributed by atoms with Gasteiger partial charge in [0.05, 0.1) is 6.61 Å². The van der Waals surface area contributed by atoms with E-state index in [0.29, 0.717) is 31.2 Å². The number of carbonyl (C=O) groups excluding carboxylic acids is 1. The van der Waals surface area contributed by atoms with Gasteiger partial charge < -0.3 is 14.0 Å². The Kier molecular flexibility index (Phi) is 5.68. The number of rotatable bonds is 8. The summed E-state index contributed by atoms with van der Waals surface area (Å²) >= 11 is 0. The second kappa shape index (κ2) is 8.53. The Morgan fingerprint density at radius 3 is 3.14 bits per heavy atom. The molecule has 0 radical (unpaired) electrons. The highest BCUT2D eigenvalue weighted by molar-refractivity contribution is 5.90. The number of H-pyrrole nitrogens is 1. The number of aromatic amines is 1. The number of aromatic nitrogens is 4. The minimum absolute atomic E-state index is 0.0450. The Morgan fingerprint density at radius 1 is 1.43 bits per heavy atom. The van der Waals surface area contributed by atoms with Gasteiger partial charge in [0, 0.05) is 43.8 Å². The van der Waals surface area contributed by atoms with E-state index < -0.39 is 0 Å². The van der Waals surface area contributed by atoms with E-state index in [1.807, 2.05) is 12.1 Å². The van der Waals surface area contributed by atoms with Gasteiger partial charge in [0.1, 0.15) is 6.10 Å². The van der Waals surface area contributed by atoms with Crippen LogP contribution in [0.3, 0.4) is 0 Å². The summed E-state index contributed by atoms with van der Waals surface area (Å²) in [5, 5.41) is 10.9. The van der Waals surface area contributed by atoms with Crippen LogP contribution < -0.4 is 5.32 Å². The SMILES string of the molecule is COCCn1cc(CCC(=O)Nc2n[nH]c([C@@H]3CCCO3)n2)c2ccccc21. The number of benzene rings is 1. The van der Waals surface area contributed by atoms with Gasteiger partial charge in [0.2, 0.25) is 11.9 Å². The number of nitrogens with zero attached hydrogens (tertiary/aromatic N) is 3. The molecule has 0 spiro atoms. The monoisotopic (exact) mass is 383 g/mol. The van der Waals surface area contributed by atoms with Crippen molar-refractivity contribution in [2.75, 3.05) is 25.6 Å². The third-order valence-corrected chi connectivity index (χ3v) is 5.02. The Morgan fingerprint density at radius 2 is 2.32 bits per heavy atom.